The smallest absolute Gasteiger partial charge is 0.255 e. The van der Waals surface area contributed by atoms with E-state index in [1.54, 1.807) is 4.68 Å². The van der Waals surface area contributed by atoms with E-state index in [1.807, 2.05) is 39.1 Å². The summed E-state index contributed by atoms with van der Waals surface area (Å²) in [6, 6.07) is 8.08. The van der Waals surface area contributed by atoms with Crippen LogP contribution < -0.4 is 10.1 Å². The summed E-state index contributed by atoms with van der Waals surface area (Å²) >= 11 is 0. The molecule has 1 unspecified atom stereocenters. The molecule has 0 aliphatic carbocycles. The molecule has 0 saturated carbocycles. The van der Waals surface area contributed by atoms with E-state index in [0.29, 0.717) is 24.6 Å². The van der Waals surface area contributed by atoms with E-state index < -0.39 is 0 Å². The van der Waals surface area contributed by atoms with Crippen molar-refractivity contribution in [3.8, 4) is 5.75 Å². The maximum atomic E-state index is 12.4. The van der Waals surface area contributed by atoms with Gasteiger partial charge in [0.1, 0.15) is 5.75 Å². The third kappa shape index (κ3) is 2.71. The van der Waals surface area contributed by atoms with Crippen LogP contribution in [0, 0.1) is 19.8 Å². The van der Waals surface area contributed by atoms with Gasteiger partial charge in [0.2, 0.25) is 0 Å². The summed E-state index contributed by atoms with van der Waals surface area (Å²) in [4.78, 5) is 12.4. The van der Waals surface area contributed by atoms with E-state index >= 15 is 0 Å². The summed E-state index contributed by atoms with van der Waals surface area (Å²) in [5.41, 5.74) is 3.55. The third-order valence-corrected chi connectivity index (χ3v) is 4.24. The number of para-hydroxylation sites is 1. The Bertz CT molecular complexity index is 706. The molecule has 1 aromatic heterocycles. The Hall–Kier alpha value is -2.30. The van der Waals surface area contributed by atoms with E-state index in [9.17, 15) is 4.79 Å². The van der Waals surface area contributed by atoms with Crippen LogP contribution in [0.1, 0.15) is 27.3 Å². The van der Waals surface area contributed by atoms with E-state index in [1.165, 1.54) is 5.56 Å². The number of benzene rings is 1. The molecule has 116 valence electrons. The molecule has 2 heterocycles. The monoisotopic (exact) mass is 299 g/mol. The fourth-order valence-electron chi connectivity index (χ4n) is 2.95. The van der Waals surface area contributed by atoms with Crippen LogP contribution in [-0.4, -0.2) is 28.8 Å². The van der Waals surface area contributed by atoms with Crippen molar-refractivity contribution in [2.75, 3.05) is 13.2 Å². The number of hydrogen-bond acceptors (Lipinski definition) is 3. The molecule has 1 amide bonds. The lowest BCUT2D eigenvalue weighted by atomic mass is 9.96. The molecule has 3 rings (SSSR count). The van der Waals surface area contributed by atoms with E-state index in [4.69, 9.17) is 4.74 Å². The van der Waals surface area contributed by atoms with Gasteiger partial charge in [-0.05, 0) is 31.9 Å². The maximum Gasteiger partial charge on any atom is 0.255 e. The second-order valence-electron chi connectivity index (χ2n) is 5.87. The summed E-state index contributed by atoms with van der Waals surface area (Å²) in [5.74, 6) is 1.21. The van der Waals surface area contributed by atoms with Crippen molar-refractivity contribution < 1.29 is 9.53 Å². The minimum atomic E-state index is -0.0537. The largest absolute Gasteiger partial charge is 0.493 e. The van der Waals surface area contributed by atoms with Gasteiger partial charge in [0, 0.05) is 25.2 Å². The van der Waals surface area contributed by atoms with Crippen LogP contribution in [0.3, 0.4) is 0 Å². The SMILES string of the molecule is Cc1nn(C)c(C)c1C(=O)NCC1COc2ccccc2C1. The molecule has 2 aromatic rings. The average molecular weight is 299 g/mol. The Morgan fingerprint density at radius 3 is 2.91 bits per heavy atom. The topological polar surface area (TPSA) is 56.2 Å². The Morgan fingerprint density at radius 2 is 2.18 bits per heavy atom. The first kappa shape index (κ1) is 14.6. The second-order valence-corrected chi connectivity index (χ2v) is 5.87. The number of rotatable bonds is 3. The molecule has 1 aliphatic heterocycles. The molecular formula is C17H21N3O2. The Labute approximate surface area is 130 Å². The van der Waals surface area contributed by atoms with Crippen LogP contribution in [0.25, 0.3) is 0 Å². The zero-order valence-corrected chi connectivity index (χ0v) is 13.2. The fraction of sp³-hybridized carbons (Fsp3) is 0.412. The Morgan fingerprint density at radius 1 is 1.41 bits per heavy atom. The number of nitrogens with zero attached hydrogens (tertiary/aromatic N) is 2. The van der Waals surface area contributed by atoms with Crippen molar-refractivity contribution in [1.82, 2.24) is 15.1 Å². The van der Waals surface area contributed by atoms with E-state index in [2.05, 4.69) is 16.5 Å². The first-order valence-corrected chi connectivity index (χ1v) is 7.55. The van der Waals surface area contributed by atoms with E-state index in [-0.39, 0.29) is 5.91 Å². The molecule has 0 bridgehead atoms. The van der Waals surface area contributed by atoms with Gasteiger partial charge in [-0.25, -0.2) is 0 Å². The predicted octanol–water partition coefficient (Wildman–Crippen LogP) is 2.02. The molecular weight excluding hydrogens is 278 g/mol. The lowest BCUT2D eigenvalue weighted by Crippen LogP contribution is -2.35. The summed E-state index contributed by atoms with van der Waals surface area (Å²) in [6.45, 7) is 5.03. The van der Waals surface area contributed by atoms with Crippen molar-refractivity contribution in [3.63, 3.8) is 0 Å². The highest BCUT2D eigenvalue weighted by atomic mass is 16.5. The lowest BCUT2D eigenvalue weighted by Gasteiger charge is -2.25. The van der Waals surface area contributed by atoms with Crippen molar-refractivity contribution in [3.05, 3.63) is 46.8 Å². The van der Waals surface area contributed by atoms with Crippen LogP contribution in [0.4, 0.5) is 0 Å². The van der Waals surface area contributed by atoms with Gasteiger partial charge in [-0.15, -0.1) is 0 Å². The van der Waals surface area contributed by atoms with Crippen molar-refractivity contribution in [2.24, 2.45) is 13.0 Å². The highest BCUT2D eigenvalue weighted by Crippen LogP contribution is 2.26. The normalized spacial score (nSPS) is 16.8. The predicted molar refractivity (Wildman–Crippen MR) is 84.1 cm³/mol. The highest BCUT2D eigenvalue weighted by Gasteiger charge is 2.22. The number of nitrogens with one attached hydrogen (secondary N) is 1. The van der Waals surface area contributed by atoms with Gasteiger partial charge in [-0.1, -0.05) is 18.2 Å². The summed E-state index contributed by atoms with van der Waals surface area (Å²) in [6.07, 6.45) is 0.932. The van der Waals surface area contributed by atoms with Crippen molar-refractivity contribution in [1.29, 1.82) is 0 Å². The van der Waals surface area contributed by atoms with Crippen LogP contribution in [-0.2, 0) is 13.5 Å². The molecule has 22 heavy (non-hydrogen) atoms. The molecule has 1 aliphatic rings. The minimum absolute atomic E-state index is 0.0537. The standard InChI is InChI=1S/C17H21N3O2/c1-11-16(12(2)20(3)19-11)17(21)18-9-13-8-14-6-4-5-7-15(14)22-10-13/h4-7,13H,8-10H2,1-3H3,(H,18,21). The molecule has 0 saturated heterocycles. The summed E-state index contributed by atoms with van der Waals surface area (Å²) < 4.78 is 7.50. The minimum Gasteiger partial charge on any atom is -0.493 e. The van der Waals surface area contributed by atoms with Gasteiger partial charge in [0.25, 0.3) is 5.91 Å². The number of hydrogen-bond donors (Lipinski definition) is 1. The maximum absolute atomic E-state index is 12.4. The second kappa shape index (κ2) is 5.83. The van der Waals surface area contributed by atoms with Crippen molar-refractivity contribution >= 4 is 5.91 Å². The van der Waals surface area contributed by atoms with Crippen LogP contribution >= 0.6 is 0 Å². The molecule has 1 N–H and O–H groups in total. The molecule has 0 spiro atoms. The Kier molecular flexibility index (Phi) is 3.88. The van der Waals surface area contributed by atoms with Gasteiger partial charge in [-0.3, -0.25) is 9.48 Å². The van der Waals surface area contributed by atoms with Crippen LogP contribution in [0.2, 0.25) is 0 Å². The molecule has 1 aromatic carbocycles. The van der Waals surface area contributed by atoms with Crippen molar-refractivity contribution in [2.45, 2.75) is 20.3 Å². The number of ether oxygens (including phenoxy) is 1. The van der Waals surface area contributed by atoms with Gasteiger partial charge >= 0.3 is 0 Å². The first-order chi connectivity index (χ1) is 10.6. The van der Waals surface area contributed by atoms with Gasteiger partial charge in [0.05, 0.1) is 17.9 Å². The quantitative estimate of drug-likeness (QED) is 0.943. The zero-order valence-electron chi connectivity index (χ0n) is 13.2. The zero-order chi connectivity index (χ0) is 15.7. The number of aryl methyl sites for hydroxylation is 2. The molecule has 0 fully saturated rings. The number of amides is 1. The molecule has 5 nitrogen and oxygen atoms in total. The molecule has 5 heteroatoms. The summed E-state index contributed by atoms with van der Waals surface area (Å²) in [5, 5.41) is 7.31. The molecule has 0 radical (unpaired) electrons. The molecule has 1 atom stereocenters. The van der Waals surface area contributed by atoms with Crippen LogP contribution in [0.15, 0.2) is 24.3 Å². The first-order valence-electron chi connectivity index (χ1n) is 7.55. The van der Waals surface area contributed by atoms with Gasteiger partial charge in [-0.2, -0.15) is 5.10 Å². The van der Waals surface area contributed by atoms with Crippen LogP contribution in [0.5, 0.6) is 5.75 Å². The summed E-state index contributed by atoms with van der Waals surface area (Å²) in [7, 11) is 1.85. The number of aromatic nitrogens is 2. The highest BCUT2D eigenvalue weighted by molar-refractivity contribution is 5.96. The third-order valence-electron chi connectivity index (χ3n) is 4.24. The number of carbonyl (C=O) groups is 1. The number of fused-ring (bicyclic) bond motifs is 1. The Balaban J connectivity index is 1.63. The lowest BCUT2D eigenvalue weighted by molar-refractivity contribution is 0.0937. The van der Waals surface area contributed by atoms with Gasteiger partial charge < -0.3 is 10.1 Å². The number of carbonyl (C=O) groups excluding carboxylic acids is 1. The fourth-order valence-corrected chi connectivity index (χ4v) is 2.95. The average Bonchev–Trinajstić information content (AvgIpc) is 2.77. The van der Waals surface area contributed by atoms with E-state index in [0.717, 1.165) is 23.6 Å². The van der Waals surface area contributed by atoms with Gasteiger partial charge in [0.15, 0.2) is 0 Å².